The van der Waals surface area contributed by atoms with E-state index in [2.05, 4.69) is 5.32 Å². The first-order chi connectivity index (χ1) is 9.73. The minimum absolute atomic E-state index is 0.0366. The van der Waals surface area contributed by atoms with Crippen LogP contribution in [0.5, 0.6) is 0 Å². The second-order valence-electron chi connectivity index (χ2n) is 5.35. The summed E-state index contributed by atoms with van der Waals surface area (Å²) in [6.07, 6.45) is 1.52. The SMILES string of the molecule is O=C(O)C1(B2OCCO2)NCCC1Cc1ccccc1. The monoisotopic (exact) mass is 275 g/mol. The van der Waals surface area contributed by atoms with Crippen molar-refractivity contribution in [3.63, 3.8) is 0 Å². The van der Waals surface area contributed by atoms with Crippen LogP contribution in [0.4, 0.5) is 0 Å². The largest absolute Gasteiger partial charge is 0.490 e. The lowest BCUT2D eigenvalue weighted by Gasteiger charge is -2.32. The van der Waals surface area contributed by atoms with Crippen LogP contribution in [0.3, 0.4) is 0 Å². The summed E-state index contributed by atoms with van der Waals surface area (Å²) in [6.45, 7) is 1.59. The quantitative estimate of drug-likeness (QED) is 0.793. The van der Waals surface area contributed by atoms with Crippen molar-refractivity contribution >= 4 is 13.1 Å². The summed E-state index contributed by atoms with van der Waals surface area (Å²) < 4.78 is 11.0. The molecule has 2 unspecified atom stereocenters. The Morgan fingerprint density at radius 3 is 2.70 bits per heavy atom. The Morgan fingerprint density at radius 1 is 1.35 bits per heavy atom. The van der Waals surface area contributed by atoms with Gasteiger partial charge in [-0.05, 0) is 30.9 Å². The number of carboxylic acids is 1. The Bertz CT molecular complexity index is 477. The van der Waals surface area contributed by atoms with E-state index in [9.17, 15) is 9.90 Å². The summed E-state index contributed by atoms with van der Waals surface area (Å²) in [6, 6.07) is 9.97. The van der Waals surface area contributed by atoms with Crippen LogP contribution in [0.15, 0.2) is 30.3 Å². The molecule has 1 aromatic carbocycles. The molecular weight excluding hydrogens is 257 g/mol. The van der Waals surface area contributed by atoms with Crippen LogP contribution >= 0.6 is 0 Å². The fourth-order valence-corrected chi connectivity index (χ4v) is 3.24. The van der Waals surface area contributed by atoms with E-state index in [0.717, 1.165) is 12.0 Å². The van der Waals surface area contributed by atoms with Crippen LogP contribution in [-0.2, 0) is 20.5 Å². The van der Waals surface area contributed by atoms with Crippen molar-refractivity contribution in [2.24, 2.45) is 5.92 Å². The molecular formula is C14H18BNO4. The molecule has 0 aromatic heterocycles. The van der Waals surface area contributed by atoms with Gasteiger partial charge >= 0.3 is 13.1 Å². The lowest BCUT2D eigenvalue weighted by molar-refractivity contribution is -0.143. The maximum Gasteiger partial charge on any atom is 0.490 e. The number of carboxylic acid groups (broad SMARTS) is 1. The molecule has 20 heavy (non-hydrogen) atoms. The lowest BCUT2D eigenvalue weighted by atomic mass is 9.57. The zero-order valence-corrected chi connectivity index (χ0v) is 11.2. The second-order valence-corrected chi connectivity index (χ2v) is 5.35. The first-order valence-corrected chi connectivity index (χ1v) is 6.99. The molecule has 106 valence electrons. The van der Waals surface area contributed by atoms with Crippen LogP contribution < -0.4 is 5.32 Å². The van der Waals surface area contributed by atoms with Gasteiger partial charge in [0, 0.05) is 0 Å². The van der Waals surface area contributed by atoms with Crippen molar-refractivity contribution in [3.8, 4) is 0 Å². The van der Waals surface area contributed by atoms with Crippen LogP contribution in [0.1, 0.15) is 12.0 Å². The van der Waals surface area contributed by atoms with Gasteiger partial charge in [0.05, 0.1) is 13.2 Å². The zero-order valence-electron chi connectivity index (χ0n) is 11.2. The molecule has 2 N–H and O–H groups in total. The molecule has 5 nitrogen and oxygen atoms in total. The molecule has 2 fully saturated rings. The van der Waals surface area contributed by atoms with E-state index in [1.807, 2.05) is 30.3 Å². The van der Waals surface area contributed by atoms with E-state index in [1.54, 1.807) is 0 Å². The number of benzene rings is 1. The van der Waals surface area contributed by atoms with Crippen molar-refractivity contribution in [2.45, 2.75) is 18.3 Å². The highest BCUT2D eigenvalue weighted by Gasteiger charge is 2.61. The topological polar surface area (TPSA) is 67.8 Å². The molecule has 0 saturated carbocycles. The molecule has 0 bridgehead atoms. The predicted molar refractivity (Wildman–Crippen MR) is 74.3 cm³/mol. The standard InChI is InChI=1S/C14H18BNO4/c17-13(18)14(15-19-8-9-20-15)12(6-7-16-14)10-11-4-2-1-3-5-11/h1-5,12,16H,6-10H2,(H,17,18). The van der Waals surface area contributed by atoms with Crippen molar-refractivity contribution in [3.05, 3.63) is 35.9 Å². The molecule has 2 aliphatic heterocycles. The van der Waals surface area contributed by atoms with E-state index in [-0.39, 0.29) is 5.92 Å². The Hall–Kier alpha value is -1.37. The Morgan fingerprint density at radius 2 is 2.05 bits per heavy atom. The van der Waals surface area contributed by atoms with Crippen molar-refractivity contribution in [1.29, 1.82) is 0 Å². The van der Waals surface area contributed by atoms with Crippen molar-refractivity contribution < 1.29 is 19.2 Å². The Labute approximate surface area is 118 Å². The molecule has 1 aromatic rings. The smallest absolute Gasteiger partial charge is 0.480 e. The van der Waals surface area contributed by atoms with Gasteiger partial charge in [0.1, 0.15) is 0 Å². The first kappa shape index (κ1) is 13.6. The van der Waals surface area contributed by atoms with Gasteiger partial charge < -0.3 is 19.7 Å². The number of hydrogen-bond donors (Lipinski definition) is 2. The van der Waals surface area contributed by atoms with E-state index in [1.165, 1.54) is 0 Å². The summed E-state index contributed by atoms with van der Waals surface area (Å²) in [5.74, 6) is -0.923. The molecule has 2 atom stereocenters. The Kier molecular flexibility index (Phi) is 3.78. The van der Waals surface area contributed by atoms with Crippen LogP contribution in [0, 0.1) is 5.92 Å². The third-order valence-electron chi connectivity index (χ3n) is 4.23. The molecule has 2 aliphatic rings. The maximum absolute atomic E-state index is 11.9. The minimum atomic E-state index is -1.13. The van der Waals surface area contributed by atoms with Crippen LogP contribution in [0.2, 0.25) is 0 Å². The van der Waals surface area contributed by atoms with Gasteiger partial charge in [-0.25, -0.2) is 0 Å². The van der Waals surface area contributed by atoms with Gasteiger partial charge in [-0.1, -0.05) is 30.3 Å². The average molecular weight is 275 g/mol. The van der Waals surface area contributed by atoms with E-state index in [0.29, 0.717) is 26.2 Å². The Balaban J connectivity index is 1.86. The van der Waals surface area contributed by atoms with Crippen LogP contribution in [0.25, 0.3) is 0 Å². The maximum atomic E-state index is 11.9. The number of carbonyl (C=O) groups is 1. The van der Waals surface area contributed by atoms with Gasteiger partial charge in [0.2, 0.25) is 0 Å². The summed E-state index contributed by atoms with van der Waals surface area (Å²) in [5.41, 5.74) is 0.0108. The molecule has 0 spiro atoms. The number of hydrogen-bond acceptors (Lipinski definition) is 4. The average Bonchev–Trinajstić information content (AvgIpc) is 3.09. The summed E-state index contributed by atoms with van der Waals surface area (Å²) in [7, 11) is -0.698. The lowest BCUT2D eigenvalue weighted by Crippen LogP contribution is -2.64. The van der Waals surface area contributed by atoms with Crippen molar-refractivity contribution in [1.82, 2.24) is 5.32 Å². The fraction of sp³-hybridized carbons (Fsp3) is 0.500. The molecule has 3 rings (SSSR count). The minimum Gasteiger partial charge on any atom is -0.480 e. The number of rotatable bonds is 4. The highest BCUT2D eigenvalue weighted by atomic mass is 16.6. The number of nitrogens with one attached hydrogen (secondary N) is 1. The zero-order chi connectivity index (χ0) is 14.0. The third-order valence-corrected chi connectivity index (χ3v) is 4.23. The highest BCUT2D eigenvalue weighted by molar-refractivity contribution is 6.55. The third kappa shape index (κ3) is 2.24. The van der Waals surface area contributed by atoms with Gasteiger partial charge in [-0.15, -0.1) is 0 Å². The summed E-state index contributed by atoms with van der Waals surface area (Å²) in [4.78, 5) is 11.9. The summed E-state index contributed by atoms with van der Waals surface area (Å²) in [5, 5.41) is 12.9. The van der Waals surface area contributed by atoms with Gasteiger partial charge in [-0.3, -0.25) is 4.79 Å². The summed E-state index contributed by atoms with van der Waals surface area (Å²) >= 11 is 0. The molecule has 6 heteroatoms. The molecule has 2 saturated heterocycles. The molecule has 2 heterocycles. The van der Waals surface area contributed by atoms with E-state index in [4.69, 9.17) is 9.31 Å². The molecule has 0 radical (unpaired) electrons. The van der Waals surface area contributed by atoms with Gasteiger partial charge in [0.15, 0.2) is 5.44 Å². The van der Waals surface area contributed by atoms with Crippen molar-refractivity contribution in [2.75, 3.05) is 19.8 Å². The van der Waals surface area contributed by atoms with E-state index < -0.39 is 18.5 Å². The molecule has 0 amide bonds. The van der Waals surface area contributed by atoms with Gasteiger partial charge in [-0.2, -0.15) is 0 Å². The van der Waals surface area contributed by atoms with Crippen LogP contribution in [-0.4, -0.2) is 43.4 Å². The molecule has 0 aliphatic carbocycles. The van der Waals surface area contributed by atoms with E-state index >= 15 is 0 Å². The normalized spacial score (nSPS) is 29.8. The second kappa shape index (κ2) is 5.56. The number of aliphatic carboxylic acids is 1. The van der Waals surface area contributed by atoms with Gasteiger partial charge in [0.25, 0.3) is 0 Å². The fourth-order valence-electron chi connectivity index (χ4n) is 3.24. The predicted octanol–water partition coefficient (Wildman–Crippen LogP) is 0.736. The first-order valence-electron chi connectivity index (χ1n) is 6.99. The highest BCUT2D eigenvalue weighted by Crippen LogP contribution is 2.34.